The summed E-state index contributed by atoms with van der Waals surface area (Å²) < 4.78 is 5.26. The minimum Gasteiger partial charge on any atom is -0.437 e. The van der Waals surface area contributed by atoms with Crippen LogP contribution in [0, 0.1) is 0 Å². The number of rotatable bonds is 3. The van der Waals surface area contributed by atoms with Gasteiger partial charge in [0.05, 0.1) is 12.6 Å². The highest BCUT2D eigenvalue weighted by Gasteiger charge is 2.08. The lowest BCUT2D eigenvalue weighted by atomic mass is 10.3. The van der Waals surface area contributed by atoms with E-state index in [1.54, 1.807) is 11.3 Å². The van der Waals surface area contributed by atoms with Gasteiger partial charge in [0.25, 0.3) is 0 Å². The topological polar surface area (TPSA) is 43.1 Å². The number of aromatic nitrogens is 1. The Labute approximate surface area is 85.4 Å². The van der Waals surface area contributed by atoms with Crippen molar-refractivity contribution in [2.75, 3.05) is 0 Å². The second kappa shape index (κ2) is 3.75. The average molecular weight is 207 g/mol. The van der Waals surface area contributed by atoms with E-state index in [0.29, 0.717) is 18.1 Å². The molecule has 2 aromatic rings. The molecule has 2 aromatic heterocycles. The van der Waals surface area contributed by atoms with Gasteiger partial charge in [-0.2, -0.15) is 0 Å². The molecule has 0 saturated carbocycles. The predicted molar refractivity (Wildman–Crippen MR) is 53.6 cm³/mol. The summed E-state index contributed by atoms with van der Waals surface area (Å²) >= 11 is 1.65. The van der Waals surface area contributed by atoms with Crippen molar-refractivity contribution >= 4 is 17.1 Å². The average Bonchev–Trinajstić information content (AvgIpc) is 2.75. The van der Waals surface area contributed by atoms with E-state index in [2.05, 4.69) is 4.98 Å². The minimum absolute atomic E-state index is 0.0880. The van der Waals surface area contributed by atoms with Gasteiger partial charge in [0.15, 0.2) is 17.4 Å². The van der Waals surface area contributed by atoms with Gasteiger partial charge in [-0.25, -0.2) is 4.98 Å². The molecule has 0 aliphatic heterocycles. The summed E-state index contributed by atoms with van der Waals surface area (Å²) in [5, 5.41) is 2.00. The molecular weight excluding hydrogens is 198 g/mol. The zero-order valence-electron chi connectivity index (χ0n) is 7.69. The number of carbonyl (C=O) groups excluding carboxylic acids is 1. The van der Waals surface area contributed by atoms with Gasteiger partial charge in [-0.15, -0.1) is 11.3 Å². The van der Waals surface area contributed by atoms with Crippen LogP contribution in [-0.2, 0) is 6.42 Å². The van der Waals surface area contributed by atoms with Gasteiger partial charge in [0.1, 0.15) is 0 Å². The van der Waals surface area contributed by atoms with Crippen molar-refractivity contribution in [2.45, 2.75) is 13.3 Å². The molecule has 0 N–H and O–H groups in total. The fourth-order valence-corrected chi connectivity index (χ4v) is 1.81. The van der Waals surface area contributed by atoms with E-state index in [9.17, 15) is 4.79 Å². The van der Waals surface area contributed by atoms with E-state index in [1.807, 2.05) is 17.5 Å². The number of nitrogens with zero attached hydrogens (tertiary/aromatic N) is 1. The molecular formula is C10H9NO2S. The molecule has 0 aliphatic rings. The maximum absolute atomic E-state index is 10.9. The first-order valence-electron chi connectivity index (χ1n) is 4.24. The summed E-state index contributed by atoms with van der Waals surface area (Å²) in [6.45, 7) is 1.47. The molecule has 2 heterocycles. The van der Waals surface area contributed by atoms with E-state index < -0.39 is 0 Å². The van der Waals surface area contributed by atoms with Crippen molar-refractivity contribution in [1.29, 1.82) is 0 Å². The van der Waals surface area contributed by atoms with Gasteiger partial charge < -0.3 is 4.42 Å². The summed E-state index contributed by atoms with van der Waals surface area (Å²) in [6, 6.07) is 4.00. The summed E-state index contributed by atoms with van der Waals surface area (Å²) in [6.07, 6.45) is 2.14. The molecule has 0 atom stereocenters. The quantitative estimate of drug-likeness (QED) is 0.726. The van der Waals surface area contributed by atoms with Crippen molar-refractivity contribution in [3.8, 4) is 0 Å². The van der Waals surface area contributed by atoms with Crippen LogP contribution in [0.25, 0.3) is 0 Å². The minimum atomic E-state index is -0.0880. The highest BCUT2D eigenvalue weighted by atomic mass is 32.1. The Morgan fingerprint density at radius 1 is 1.64 bits per heavy atom. The van der Waals surface area contributed by atoms with Gasteiger partial charge in [-0.1, -0.05) is 6.07 Å². The number of hydrogen-bond donors (Lipinski definition) is 0. The largest absolute Gasteiger partial charge is 0.437 e. The fourth-order valence-electron chi connectivity index (χ4n) is 1.12. The number of oxazole rings is 1. The molecule has 0 aliphatic carbocycles. The Kier molecular flexibility index (Phi) is 2.45. The Bertz CT molecular complexity index is 431. The van der Waals surface area contributed by atoms with Crippen LogP contribution in [0.3, 0.4) is 0 Å². The second-order valence-corrected chi connectivity index (χ2v) is 3.96. The van der Waals surface area contributed by atoms with Crippen molar-refractivity contribution in [1.82, 2.24) is 4.98 Å². The number of Topliss-reactive ketones (excluding diaryl/α,β-unsaturated/α-hetero) is 1. The van der Waals surface area contributed by atoms with Crippen LogP contribution in [0.4, 0.5) is 0 Å². The smallest absolute Gasteiger partial charge is 0.200 e. The predicted octanol–water partition coefficient (Wildman–Crippen LogP) is 2.53. The number of hydrogen-bond acceptors (Lipinski definition) is 4. The molecule has 0 amide bonds. The number of thiophene rings is 1. The number of carbonyl (C=O) groups is 1. The van der Waals surface area contributed by atoms with Crippen LogP contribution in [0.5, 0.6) is 0 Å². The first kappa shape index (κ1) is 9.15. The highest BCUT2D eigenvalue weighted by Crippen LogP contribution is 2.14. The van der Waals surface area contributed by atoms with E-state index in [-0.39, 0.29) is 5.78 Å². The Morgan fingerprint density at radius 2 is 2.50 bits per heavy atom. The molecule has 4 heteroatoms. The Morgan fingerprint density at radius 3 is 3.07 bits per heavy atom. The van der Waals surface area contributed by atoms with Gasteiger partial charge in [0, 0.05) is 11.8 Å². The van der Waals surface area contributed by atoms with Crippen molar-refractivity contribution in [2.24, 2.45) is 0 Å². The molecule has 0 saturated heterocycles. The Balaban J connectivity index is 2.14. The maximum Gasteiger partial charge on any atom is 0.200 e. The van der Waals surface area contributed by atoms with Crippen LogP contribution in [0.1, 0.15) is 28.2 Å². The van der Waals surface area contributed by atoms with Crippen molar-refractivity contribution in [3.63, 3.8) is 0 Å². The van der Waals surface area contributed by atoms with Crippen molar-refractivity contribution < 1.29 is 9.21 Å². The van der Waals surface area contributed by atoms with E-state index in [1.165, 1.54) is 18.0 Å². The first-order chi connectivity index (χ1) is 6.75. The summed E-state index contributed by atoms with van der Waals surface area (Å²) in [7, 11) is 0. The molecule has 3 nitrogen and oxygen atoms in total. The van der Waals surface area contributed by atoms with Gasteiger partial charge in [0.2, 0.25) is 0 Å². The van der Waals surface area contributed by atoms with Crippen LogP contribution >= 0.6 is 11.3 Å². The van der Waals surface area contributed by atoms with E-state index in [0.717, 1.165) is 0 Å². The molecule has 0 radical (unpaired) electrons. The molecule has 2 rings (SSSR count). The lowest BCUT2D eigenvalue weighted by Gasteiger charge is -1.90. The van der Waals surface area contributed by atoms with Crippen LogP contribution in [0.15, 0.2) is 28.1 Å². The molecule has 0 aromatic carbocycles. The first-order valence-corrected chi connectivity index (χ1v) is 5.11. The summed E-state index contributed by atoms with van der Waals surface area (Å²) in [5.74, 6) is 0.837. The molecule has 14 heavy (non-hydrogen) atoms. The zero-order chi connectivity index (χ0) is 9.97. The third-order valence-corrected chi connectivity index (χ3v) is 2.68. The Hall–Kier alpha value is -1.42. The fraction of sp³-hybridized carbons (Fsp3) is 0.200. The second-order valence-electron chi connectivity index (χ2n) is 2.93. The monoisotopic (exact) mass is 207 g/mol. The molecule has 72 valence electrons. The standard InChI is InChI=1S/C10H9NO2S/c1-7(12)9-6-11-10(13-9)5-8-3-2-4-14-8/h2-4,6H,5H2,1H3. The SMILES string of the molecule is CC(=O)c1cnc(Cc2cccs2)o1. The molecule has 0 spiro atoms. The molecule has 0 fully saturated rings. The third-order valence-electron chi connectivity index (χ3n) is 1.81. The van der Waals surface area contributed by atoms with E-state index in [4.69, 9.17) is 4.42 Å². The van der Waals surface area contributed by atoms with Crippen LogP contribution in [-0.4, -0.2) is 10.8 Å². The third kappa shape index (κ3) is 1.90. The summed E-state index contributed by atoms with van der Waals surface area (Å²) in [5.41, 5.74) is 0. The summed E-state index contributed by atoms with van der Waals surface area (Å²) in [4.78, 5) is 16.1. The molecule has 0 unspecified atom stereocenters. The lowest BCUT2D eigenvalue weighted by molar-refractivity contribution is 0.0985. The lowest BCUT2D eigenvalue weighted by Crippen LogP contribution is -1.87. The number of ketones is 1. The molecule has 0 bridgehead atoms. The highest BCUT2D eigenvalue weighted by molar-refractivity contribution is 7.09. The van der Waals surface area contributed by atoms with Crippen LogP contribution < -0.4 is 0 Å². The van der Waals surface area contributed by atoms with E-state index >= 15 is 0 Å². The van der Waals surface area contributed by atoms with Crippen LogP contribution in [0.2, 0.25) is 0 Å². The van der Waals surface area contributed by atoms with Gasteiger partial charge in [-0.3, -0.25) is 4.79 Å². The van der Waals surface area contributed by atoms with Gasteiger partial charge >= 0.3 is 0 Å². The zero-order valence-corrected chi connectivity index (χ0v) is 8.50. The van der Waals surface area contributed by atoms with Crippen molar-refractivity contribution in [3.05, 3.63) is 40.2 Å². The van der Waals surface area contributed by atoms with Gasteiger partial charge in [-0.05, 0) is 11.4 Å². The normalized spacial score (nSPS) is 10.4. The maximum atomic E-state index is 10.9.